The van der Waals surface area contributed by atoms with Crippen molar-refractivity contribution in [1.29, 1.82) is 0 Å². The molecular formula is C20H14N2O3S2. The summed E-state index contributed by atoms with van der Waals surface area (Å²) in [4.78, 5) is 39.7. The molecule has 3 aromatic rings. The summed E-state index contributed by atoms with van der Waals surface area (Å²) in [5.41, 5.74) is 2.39. The number of nitrogens with zero attached hydrogens (tertiary/aromatic N) is 1. The number of allylic oxidation sites excluding steroid dienone is 1. The molecule has 1 atom stereocenters. The molecule has 1 aromatic heterocycles. The van der Waals surface area contributed by atoms with E-state index >= 15 is 0 Å². The van der Waals surface area contributed by atoms with Gasteiger partial charge in [0.25, 0.3) is 5.24 Å². The van der Waals surface area contributed by atoms with E-state index in [1.165, 1.54) is 17.4 Å². The molecule has 5 nitrogen and oxygen atoms in total. The number of thiazole rings is 1. The summed E-state index contributed by atoms with van der Waals surface area (Å²) in [6.07, 6.45) is 3.70. The third kappa shape index (κ3) is 3.99. The van der Waals surface area contributed by atoms with Crippen molar-refractivity contribution in [2.75, 3.05) is 0 Å². The zero-order valence-electron chi connectivity index (χ0n) is 14.0. The maximum absolute atomic E-state index is 12.4. The average molecular weight is 394 g/mol. The van der Waals surface area contributed by atoms with Crippen LogP contribution in [0, 0.1) is 0 Å². The summed E-state index contributed by atoms with van der Waals surface area (Å²) in [7, 11) is 0. The summed E-state index contributed by atoms with van der Waals surface area (Å²) < 4.78 is 1.08. The molecule has 4 rings (SSSR count). The summed E-state index contributed by atoms with van der Waals surface area (Å²) in [5, 5.41) is 2.35. The Hall–Kier alpha value is -2.77. The molecule has 0 radical (unpaired) electrons. The van der Waals surface area contributed by atoms with Crippen LogP contribution >= 0.6 is 23.1 Å². The predicted molar refractivity (Wildman–Crippen MR) is 108 cm³/mol. The Morgan fingerprint density at radius 2 is 1.89 bits per heavy atom. The van der Waals surface area contributed by atoms with Crippen LogP contribution in [0.2, 0.25) is 0 Å². The fraction of sp³-hybridized carbons (Fsp3) is 0.100. The molecule has 134 valence electrons. The molecule has 0 saturated carbocycles. The summed E-state index contributed by atoms with van der Waals surface area (Å²) in [5.74, 6) is -0.368. The van der Waals surface area contributed by atoms with Gasteiger partial charge in [0.15, 0.2) is 5.78 Å². The standard InChI is InChI=1S/C20H14N2O3S2/c23-15(9-10-18-21-14-3-1-2-4-16(14)26-18)13-7-5-12(6-8-13)11-17-19(24)22-20(25)27-17/h1-10,17H,11H2,(H,22,24,25)/b10-9+. The third-order valence-electron chi connectivity index (χ3n) is 4.11. The highest BCUT2D eigenvalue weighted by Crippen LogP contribution is 2.24. The maximum Gasteiger partial charge on any atom is 0.286 e. The highest BCUT2D eigenvalue weighted by Gasteiger charge is 2.31. The van der Waals surface area contributed by atoms with Crippen LogP contribution in [0.1, 0.15) is 20.9 Å². The third-order valence-corrected chi connectivity index (χ3v) is 6.10. The zero-order chi connectivity index (χ0) is 18.8. The van der Waals surface area contributed by atoms with Crippen LogP contribution < -0.4 is 5.32 Å². The molecular weight excluding hydrogens is 380 g/mol. The molecule has 2 aromatic carbocycles. The summed E-state index contributed by atoms with van der Waals surface area (Å²) in [6, 6.07) is 14.9. The summed E-state index contributed by atoms with van der Waals surface area (Å²) >= 11 is 2.54. The Kier molecular flexibility index (Phi) is 4.87. The number of imide groups is 1. The molecule has 0 bridgehead atoms. The van der Waals surface area contributed by atoms with E-state index in [-0.39, 0.29) is 16.9 Å². The normalized spacial score (nSPS) is 17.0. The quantitative estimate of drug-likeness (QED) is 0.521. The van der Waals surface area contributed by atoms with E-state index in [0.29, 0.717) is 12.0 Å². The zero-order valence-corrected chi connectivity index (χ0v) is 15.7. The first-order valence-corrected chi connectivity index (χ1v) is 9.96. The number of rotatable bonds is 5. The number of fused-ring (bicyclic) bond motifs is 1. The number of para-hydroxylation sites is 1. The minimum Gasteiger partial charge on any atom is -0.289 e. The van der Waals surface area contributed by atoms with Crippen molar-refractivity contribution in [3.05, 3.63) is 70.7 Å². The number of carbonyl (C=O) groups is 3. The lowest BCUT2D eigenvalue weighted by molar-refractivity contribution is -0.118. The average Bonchev–Trinajstić information content (AvgIpc) is 3.22. The van der Waals surface area contributed by atoms with Gasteiger partial charge in [-0.1, -0.05) is 48.2 Å². The number of nitrogens with one attached hydrogen (secondary N) is 1. The van der Waals surface area contributed by atoms with Gasteiger partial charge in [-0.3, -0.25) is 19.7 Å². The SMILES string of the molecule is O=C1NC(=O)C(Cc2ccc(C(=O)/C=C/c3nc4ccccc4s3)cc2)S1. The van der Waals surface area contributed by atoms with E-state index in [1.807, 2.05) is 36.4 Å². The summed E-state index contributed by atoms with van der Waals surface area (Å²) in [6.45, 7) is 0. The topological polar surface area (TPSA) is 76.1 Å². The molecule has 27 heavy (non-hydrogen) atoms. The van der Waals surface area contributed by atoms with Crippen molar-refractivity contribution in [3.8, 4) is 0 Å². The highest BCUT2D eigenvalue weighted by molar-refractivity contribution is 8.15. The largest absolute Gasteiger partial charge is 0.289 e. The molecule has 0 spiro atoms. The van der Waals surface area contributed by atoms with Crippen LogP contribution in [0.25, 0.3) is 16.3 Å². The molecule has 1 fully saturated rings. The van der Waals surface area contributed by atoms with E-state index < -0.39 is 5.25 Å². The minimum absolute atomic E-state index is 0.107. The molecule has 1 aliphatic rings. The van der Waals surface area contributed by atoms with E-state index in [1.54, 1.807) is 18.2 Å². The van der Waals surface area contributed by atoms with Gasteiger partial charge in [-0.15, -0.1) is 11.3 Å². The Balaban J connectivity index is 1.42. The van der Waals surface area contributed by atoms with Gasteiger partial charge < -0.3 is 0 Å². The molecule has 0 aliphatic carbocycles. The second kappa shape index (κ2) is 7.46. The van der Waals surface area contributed by atoms with E-state index in [0.717, 1.165) is 32.5 Å². The Morgan fingerprint density at radius 1 is 1.11 bits per heavy atom. The first kappa shape index (κ1) is 17.6. The number of carbonyl (C=O) groups excluding carboxylic acids is 3. The van der Waals surface area contributed by atoms with Crippen molar-refractivity contribution in [1.82, 2.24) is 10.3 Å². The highest BCUT2D eigenvalue weighted by atomic mass is 32.2. The van der Waals surface area contributed by atoms with Crippen LogP contribution in [0.15, 0.2) is 54.6 Å². The van der Waals surface area contributed by atoms with E-state index in [9.17, 15) is 14.4 Å². The number of ketones is 1. The lowest BCUT2D eigenvalue weighted by Gasteiger charge is -2.05. The van der Waals surface area contributed by atoms with Crippen molar-refractivity contribution >= 4 is 56.3 Å². The lowest BCUT2D eigenvalue weighted by atomic mass is 10.0. The second-order valence-corrected chi connectivity index (χ2v) is 8.24. The number of benzene rings is 2. The fourth-order valence-corrected chi connectivity index (χ4v) is 4.48. The van der Waals surface area contributed by atoms with Gasteiger partial charge >= 0.3 is 0 Å². The van der Waals surface area contributed by atoms with Crippen molar-refractivity contribution in [3.63, 3.8) is 0 Å². The van der Waals surface area contributed by atoms with Crippen LogP contribution in [-0.4, -0.2) is 27.2 Å². The Morgan fingerprint density at radius 3 is 2.59 bits per heavy atom. The van der Waals surface area contributed by atoms with Crippen LogP contribution in [0.3, 0.4) is 0 Å². The van der Waals surface area contributed by atoms with Gasteiger partial charge in [-0.2, -0.15) is 0 Å². The lowest BCUT2D eigenvalue weighted by Crippen LogP contribution is -2.25. The molecule has 2 heterocycles. The monoisotopic (exact) mass is 394 g/mol. The van der Waals surface area contributed by atoms with Gasteiger partial charge in [0.05, 0.1) is 15.5 Å². The van der Waals surface area contributed by atoms with Crippen LogP contribution in [0.4, 0.5) is 4.79 Å². The molecule has 1 N–H and O–H groups in total. The molecule has 2 amide bonds. The minimum atomic E-state index is -0.405. The van der Waals surface area contributed by atoms with Gasteiger partial charge in [0.1, 0.15) is 5.01 Å². The molecule has 1 aliphatic heterocycles. The first-order chi connectivity index (χ1) is 13.1. The number of aromatic nitrogens is 1. The smallest absolute Gasteiger partial charge is 0.286 e. The van der Waals surface area contributed by atoms with Gasteiger partial charge in [0, 0.05) is 5.56 Å². The van der Waals surface area contributed by atoms with Gasteiger partial charge in [-0.05, 0) is 36.3 Å². The van der Waals surface area contributed by atoms with Crippen LogP contribution in [-0.2, 0) is 11.2 Å². The predicted octanol–water partition coefficient (Wildman–Crippen LogP) is 4.09. The Bertz CT molecular complexity index is 1040. The van der Waals surface area contributed by atoms with Gasteiger partial charge in [0.2, 0.25) is 5.91 Å². The van der Waals surface area contributed by atoms with E-state index in [4.69, 9.17) is 0 Å². The first-order valence-electron chi connectivity index (χ1n) is 8.27. The second-order valence-electron chi connectivity index (χ2n) is 6.00. The number of thioether (sulfide) groups is 1. The fourth-order valence-electron chi connectivity index (χ4n) is 2.75. The van der Waals surface area contributed by atoms with Crippen LogP contribution in [0.5, 0.6) is 0 Å². The van der Waals surface area contributed by atoms with Gasteiger partial charge in [-0.25, -0.2) is 4.98 Å². The number of amides is 2. The number of hydrogen-bond acceptors (Lipinski definition) is 6. The van der Waals surface area contributed by atoms with E-state index in [2.05, 4.69) is 10.3 Å². The van der Waals surface area contributed by atoms with Crippen molar-refractivity contribution < 1.29 is 14.4 Å². The van der Waals surface area contributed by atoms with Crippen molar-refractivity contribution in [2.45, 2.75) is 11.7 Å². The number of hydrogen-bond donors (Lipinski definition) is 1. The Labute approximate surface area is 163 Å². The molecule has 1 saturated heterocycles. The molecule has 7 heteroatoms. The van der Waals surface area contributed by atoms with Crippen molar-refractivity contribution in [2.24, 2.45) is 0 Å². The maximum atomic E-state index is 12.4. The molecule has 1 unspecified atom stereocenters.